The van der Waals surface area contributed by atoms with Gasteiger partial charge >= 0.3 is 0 Å². The van der Waals surface area contributed by atoms with Crippen LogP contribution in [0.5, 0.6) is 0 Å². The van der Waals surface area contributed by atoms with Crippen LogP contribution in [-0.2, 0) is 21.9 Å². The Bertz CT molecular complexity index is 1480. The summed E-state index contributed by atoms with van der Waals surface area (Å²) in [6, 6.07) is 15.2. The predicted molar refractivity (Wildman–Crippen MR) is 167 cm³/mol. The van der Waals surface area contributed by atoms with Crippen molar-refractivity contribution in [2.45, 2.75) is 43.6 Å². The number of nitrogens with zero attached hydrogens (tertiary/aromatic N) is 7. The fourth-order valence-electron chi connectivity index (χ4n) is 5.38. The second kappa shape index (κ2) is 14.4. The Kier molecular flexibility index (Phi) is 10.2. The van der Waals surface area contributed by atoms with Crippen molar-refractivity contribution < 1.29 is 9.59 Å². The van der Waals surface area contributed by atoms with Gasteiger partial charge in [-0.15, -0.1) is 0 Å². The Balaban J connectivity index is 1.17. The molecule has 2 aliphatic rings. The van der Waals surface area contributed by atoms with Crippen molar-refractivity contribution in [3.05, 3.63) is 59.4 Å². The fourth-order valence-corrected chi connectivity index (χ4v) is 6.14. The molecule has 2 aromatic heterocycles. The van der Waals surface area contributed by atoms with E-state index in [1.807, 2.05) is 23.1 Å². The van der Waals surface area contributed by atoms with Crippen LogP contribution in [0.2, 0.25) is 0 Å². The predicted octanol–water partition coefficient (Wildman–Crippen LogP) is 3.37. The number of rotatable bonds is 9. The number of likely N-dealkylation sites (tertiary alicyclic amines) is 1. The summed E-state index contributed by atoms with van der Waals surface area (Å²) in [4.78, 5) is 44.6. The molecule has 4 heterocycles. The van der Waals surface area contributed by atoms with Crippen LogP contribution in [0.3, 0.4) is 0 Å². The summed E-state index contributed by atoms with van der Waals surface area (Å²) in [5.74, 6) is 0.746. The number of thioether (sulfide) groups is 1. The van der Waals surface area contributed by atoms with Crippen molar-refractivity contribution in [1.82, 2.24) is 29.7 Å². The molecule has 0 aliphatic carbocycles. The number of carbonyl (C=O) groups is 2. The summed E-state index contributed by atoms with van der Waals surface area (Å²) in [5, 5.41) is 12.9. The molecule has 224 valence electrons. The minimum atomic E-state index is -0.161. The quantitative estimate of drug-likeness (QED) is 0.277. The van der Waals surface area contributed by atoms with Crippen LogP contribution in [0.15, 0.2) is 47.6 Å². The first kappa shape index (κ1) is 30.4. The van der Waals surface area contributed by atoms with Gasteiger partial charge in [0.1, 0.15) is 17.5 Å². The van der Waals surface area contributed by atoms with Crippen molar-refractivity contribution in [2.24, 2.45) is 0 Å². The topological polar surface area (TPSA) is 144 Å². The van der Waals surface area contributed by atoms with Crippen LogP contribution in [-0.4, -0.2) is 87.3 Å². The van der Waals surface area contributed by atoms with Gasteiger partial charge in [-0.2, -0.15) is 5.26 Å². The number of benzene rings is 1. The van der Waals surface area contributed by atoms with Gasteiger partial charge < -0.3 is 16.0 Å². The van der Waals surface area contributed by atoms with Gasteiger partial charge in [0.15, 0.2) is 5.16 Å². The van der Waals surface area contributed by atoms with Crippen molar-refractivity contribution in [1.29, 1.82) is 5.26 Å². The maximum Gasteiger partial charge on any atom is 0.236 e. The largest absolute Gasteiger partial charge is 0.382 e. The number of hydrogen-bond acceptors (Lipinski definition) is 10. The van der Waals surface area contributed by atoms with E-state index in [1.165, 1.54) is 37.9 Å². The first-order chi connectivity index (χ1) is 20.9. The van der Waals surface area contributed by atoms with Gasteiger partial charge in [0, 0.05) is 56.7 Å². The van der Waals surface area contributed by atoms with E-state index in [0.717, 1.165) is 57.2 Å². The highest BCUT2D eigenvalue weighted by Gasteiger charge is 2.24. The van der Waals surface area contributed by atoms with Crippen LogP contribution < -0.4 is 11.1 Å². The molecule has 2 fully saturated rings. The number of aromatic nitrogens is 3. The second-order valence-corrected chi connectivity index (χ2v) is 11.8. The molecule has 0 atom stereocenters. The number of nitrogen functional groups attached to an aromatic ring is 1. The number of piperidine rings is 1. The van der Waals surface area contributed by atoms with Crippen molar-refractivity contribution in [3.63, 3.8) is 0 Å². The second-order valence-electron chi connectivity index (χ2n) is 10.9. The first-order valence-corrected chi connectivity index (χ1v) is 15.6. The molecule has 43 heavy (non-hydrogen) atoms. The Morgan fingerprint density at radius 3 is 2.35 bits per heavy atom. The highest BCUT2D eigenvalue weighted by Crippen LogP contribution is 2.29. The van der Waals surface area contributed by atoms with Gasteiger partial charge in [0.05, 0.1) is 23.6 Å². The smallest absolute Gasteiger partial charge is 0.236 e. The summed E-state index contributed by atoms with van der Waals surface area (Å²) in [5.41, 5.74) is 10.0. The third-order valence-electron chi connectivity index (χ3n) is 7.64. The van der Waals surface area contributed by atoms with E-state index >= 15 is 0 Å². The molecular formula is C31H37N9O2S. The maximum absolute atomic E-state index is 12.8. The number of piperazine rings is 1. The third-order valence-corrected chi connectivity index (χ3v) is 8.52. The molecule has 1 aromatic carbocycles. The Morgan fingerprint density at radius 1 is 0.930 bits per heavy atom. The van der Waals surface area contributed by atoms with Crippen molar-refractivity contribution in [3.8, 4) is 17.3 Å². The lowest BCUT2D eigenvalue weighted by Gasteiger charge is -2.36. The third kappa shape index (κ3) is 8.28. The van der Waals surface area contributed by atoms with Gasteiger partial charge in [-0.3, -0.25) is 24.4 Å². The Hall–Kier alpha value is -4.05. The van der Waals surface area contributed by atoms with Gasteiger partial charge in [0.25, 0.3) is 0 Å². The normalized spacial score (nSPS) is 16.0. The van der Waals surface area contributed by atoms with E-state index in [0.29, 0.717) is 34.4 Å². The van der Waals surface area contributed by atoms with Gasteiger partial charge in [0.2, 0.25) is 11.8 Å². The number of nitrogens with one attached hydrogen (secondary N) is 1. The maximum atomic E-state index is 12.8. The summed E-state index contributed by atoms with van der Waals surface area (Å²) in [6.07, 6.45) is 3.66. The highest BCUT2D eigenvalue weighted by molar-refractivity contribution is 7.98. The first-order valence-electron chi connectivity index (χ1n) is 14.6. The van der Waals surface area contributed by atoms with Crippen LogP contribution in [0.4, 0.5) is 11.5 Å². The molecule has 2 saturated heterocycles. The molecule has 5 rings (SSSR count). The summed E-state index contributed by atoms with van der Waals surface area (Å²) < 4.78 is 0. The number of hydrogen-bond donors (Lipinski definition) is 2. The summed E-state index contributed by atoms with van der Waals surface area (Å²) >= 11 is 1.41. The van der Waals surface area contributed by atoms with E-state index < -0.39 is 0 Å². The molecule has 0 radical (unpaired) electrons. The molecular weight excluding hydrogens is 562 g/mol. The van der Waals surface area contributed by atoms with Gasteiger partial charge in [-0.05, 0) is 50.2 Å². The van der Waals surface area contributed by atoms with Gasteiger partial charge in [-0.25, -0.2) is 9.97 Å². The number of amides is 2. The number of carbonyl (C=O) groups excluding carboxylic acids is 2. The number of nitriles is 1. The zero-order valence-electron chi connectivity index (χ0n) is 24.5. The van der Waals surface area contributed by atoms with Crippen molar-refractivity contribution >= 4 is 35.1 Å². The van der Waals surface area contributed by atoms with E-state index in [9.17, 15) is 14.9 Å². The molecule has 0 spiro atoms. The zero-order valence-corrected chi connectivity index (χ0v) is 25.3. The summed E-state index contributed by atoms with van der Waals surface area (Å²) in [7, 11) is 0. The molecule has 0 saturated carbocycles. The van der Waals surface area contributed by atoms with E-state index in [4.69, 9.17) is 10.7 Å². The lowest BCUT2D eigenvalue weighted by molar-refractivity contribution is -0.134. The SMILES string of the molecule is CC(=O)Nc1ccc(-c2nc(SCc3cccc(CN4CCN(C(=O)CN5CCCCC5)CC4)n3)nc(N)c2C#N)cc1. The average Bonchev–Trinajstić information content (AvgIpc) is 3.01. The van der Waals surface area contributed by atoms with Crippen LogP contribution >= 0.6 is 11.8 Å². The molecule has 11 nitrogen and oxygen atoms in total. The highest BCUT2D eigenvalue weighted by atomic mass is 32.2. The summed E-state index contributed by atoms with van der Waals surface area (Å²) in [6.45, 7) is 7.95. The monoisotopic (exact) mass is 599 g/mol. The average molecular weight is 600 g/mol. The number of anilines is 2. The zero-order chi connectivity index (χ0) is 30.2. The Labute approximate surface area is 256 Å². The number of pyridine rings is 1. The lowest BCUT2D eigenvalue weighted by Crippen LogP contribution is -2.51. The molecule has 2 amide bonds. The van der Waals surface area contributed by atoms with E-state index in [2.05, 4.69) is 31.2 Å². The molecule has 0 bridgehead atoms. The fraction of sp³-hybridized carbons (Fsp3) is 0.419. The molecule has 0 unspecified atom stereocenters. The van der Waals surface area contributed by atoms with Gasteiger partial charge in [-0.1, -0.05) is 36.4 Å². The van der Waals surface area contributed by atoms with E-state index in [-0.39, 0.29) is 23.2 Å². The van der Waals surface area contributed by atoms with Crippen LogP contribution in [0.25, 0.3) is 11.3 Å². The lowest BCUT2D eigenvalue weighted by atomic mass is 10.1. The number of nitrogens with two attached hydrogens (primary N) is 1. The minimum Gasteiger partial charge on any atom is -0.382 e. The van der Waals surface area contributed by atoms with Crippen LogP contribution in [0, 0.1) is 11.3 Å². The van der Waals surface area contributed by atoms with Crippen molar-refractivity contribution in [2.75, 3.05) is 56.9 Å². The molecule has 12 heteroatoms. The van der Waals surface area contributed by atoms with Crippen LogP contribution in [0.1, 0.15) is 43.1 Å². The molecule has 3 aromatic rings. The minimum absolute atomic E-state index is 0.121. The Morgan fingerprint density at radius 2 is 1.65 bits per heavy atom. The standard InChI is InChI=1S/C31H37N9O2S/c1-22(41)34-24-10-8-23(9-11-24)29-27(18-32)30(33)37-31(36-29)43-21-26-7-5-6-25(35-26)19-39-14-16-40(17-15-39)28(42)20-38-12-3-2-4-13-38/h5-11H,2-4,12-17,19-21H2,1H3,(H,34,41)(H2,33,36,37). The van der Waals surface area contributed by atoms with E-state index in [1.54, 1.807) is 24.3 Å². The molecule has 3 N–H and O–H groups in total. The molecule has 2 aliphatic heterocycles.